The zero-order chi connectivity index (χ0) is 26.4. The zero-order valence-corrected chi connectivity index (χ0v) is 20.3. The third-order valence-corrected chi connectivity index (χ3v) is 8.90. The van der Waals surface area contributed by atoms with E-state index in [0.29, 0.717) is 5.57 Å². The predicted molar refractivity (Wildman–Crippen MR) is 127 cm³/mol. The highest BCUT2D eigenvalue weighted by molar-refractivity contribution is 6.31. The van der Waals surface area contributed by atoms with E-state index in [-0.39, 0.29) is 35.0 Å². The minimum Gasteiger partial charge on any atom is -0.505 e. The van der Waals surface area contributed by atoms with Gasteiger partial charge in [0.1, 0.15) is 5.82 Å². The van der Waals surface area contributed by atoms with Gasteiger partial charge in [-0.05, 0) is 49.9 Å². The Morgan fingerprint density at radius 1 is 1.05 bits per heavy atom. The van der Waals surface area contributed by atoms with Crippen molar-refractivity contribution >= 4 is 40.9 Å². The summed E-state index contributed by atoms with van der Waals surface area (Å²) in [6, 6.07) is 7.51. The fourth-order valence-corrected chi connectivity index (χ4v) is 7.08. The van der Waals surface area contributed by atoms with E-state index in [1.54, 1.807) is 13.0 Å². The number of benzene rings is 2. The summed E-state index contributed by atoms with van der Waals surface area (Å²) in [4.78, 5) is 54.1. The fourth-order valence-electron chi connectivity index (χ4n) is 6.91. The van der Waals surface area contributed by atoms with Crippen molar-refractivity contribution in [2.75, 3.05) is 4.90 Å². The average molecular weight is 527 g/mol. The standard InChI is InChI=1S/C27H21ClF2N2O5/c1-27-16(25(36)32(26(27)37)11-5-8-18(29)17(28)9-11)10-15-12(6-7-13-20(15)24(35)31-23(13)34)21(27)14-3-2-4-19(30)22(14)33/h2-6,8-9,13,15-16,20-21,33H,7,10H2,1H3,(H,31,34,35). The molecule has 2 aliphatic heterocycles. The van der Waals surface area contributed by atoms with Crippen molar-refractivity contribution in [1.82, 2.24) is 5.32 Å². The summed E-state index contributed by atoms with van der Waals surface area (Å²) in [5.41, 5.74) is -0.641. The largest absolute Gasteiger partial charge is 0.505 e. The quantitative estimate of drug-likeness (QED) is 0.457. The van der Waals surface area contributed by atoms with Gasteiger partial charge in [-0.1, -0.05) is 35.4 Å². The maximum Gasteiger partial charge on any atom is 0.241 e. The van der Waals surface area contributed by atoms with Crippen LogP contribution in [-0.4, -0.2) is 28.7 Å². The van der Waals surface area contributed by atoms with Crippen LogP contribution in [-0.2, 0) is 19.2 Å². The van der Waals surface area contributed by atoms with Crippen LogP contribution in [0, 0.1) is 40.7 Å². The molecule has 3 fully saturated rings. The predicted octanol–water partition coefficient (Wildman–Crippen LogP) is 3.84. The molecule has 1 saturated carbocycles. The Kier molecular flexibility index (Phi) is 5.11. The first-order valence-corrected chi connectivity index (χ1v) is 12.3. The topological polar surface area (TPSA) is 104 Å². The van der Waals surface area contributed by atoms with Crippen molar-refractivity contribution in [3.63, 3.8) is 0 Å². The van der Waals surface area contributed by atoms with Crippen LogP contribution in [0.25, 0.3) is 0 Å². The molecule has 4 aliphatic rings. The van der Waals surface area contributed by atoms with E-state index in [1.165, 1.54) is 24.3 Å². The summed E-state index contributed by atoms with van der Waals surface area (Å²) in [6.07, 6.45) is 2.13. The number of hydrogen-bond donors (Lipinski definition) is 2. The van der Waals surface area contributed by atoms with E-state index in [4.69, 9.17) is 11.6 Å². The zero-order valence-electron chi connectivity index (χ0n) is 19.5. The highest BCUT2D eigenvalue weighted by Gasteiger charge is 2.67. The smallest absolute Gasteiger partial charge is 0.241 e. The lowest BCUT2D eigenvalue weighted by molar-refractivity contribution is -0.131. The molecular weight excluding hydrogens is 506 g/mol. The maximum absolute atomic E-state index is 14.6. The molecule has 37 heavy (non-hydrogen) atoms. The van der Waals surface area contributed by atoms with Crippen LogP contribution in [0.5, 0.6) is 5.75 Å². The first kappa shape index (κ1) is 23.8. The number of fused-ring (bicyclic) bond motifs is 4. The van der Waals surface area contributed by atoms with Gasteiger partial charge in [0.2, 0.25) is 23.6 Å². The Balaban J connectivity index is 1.56. The molecule has 0 aromatic heterocycles. The van der Waals surface area contributed by atoms with Gasteiger partial charge in [0.25, 0.3) is 0 Å². The molecule has 2 heterocycles. The van der Waals surface area contributed by atoms with Gasteiger partial charge in [-0.25, -0.2) is 13.7 Å². The number of aromatic hydroxyl groups is 1. The lowest BCUT2D eigenvalue weighted by Crippen LogP contribution is -2.48. The number of hydrogen-bond acceptors (Lipinski definition) is 5. The van der Waals surface area contributed by atoms with Gasteiger partial charge in [0.05, 0.1) is 33.9 Å². The van der Waals surface area contributed by atoms with Gasteiger partial charge in [0, 0.05) is 11.5 Å². The summed E-state index contributed by atoms with van der Waals surface area (Å²) in [5, 5.41) is 12.9. The Bertz CT molecular complexity index is 1460. The Morgan fingerprint density at radius 2 is 1.81 bits per heavy atom. The van der Waals surface area contributed by atoms with Crippen LogP contribution in [0.15, 0.2) is 48.0 Å². The first-order valence-electron chi connectivity index (χ1n) is 11.9. The number of nitrogens with zero attached hydrogens (tertiary/aromatic N) is 1. The Hall–Kier alpha value is -3.59. The van der Waals surface area contributed by atoms with E-state index in [9.17, 15) is 33.1 Å². The molecule has 2 saturated heterocycles. The molecule has 6 atom stereocenters. The van der Waals surface area contributed by atoms with Gasteiger partial charge in [-0.3, -0.25) is 24.5 Å². The minimum absolute atomic E-state index is 0.0860. The number of carbonyl (C=O) groups is 4. The highest BCUT2D eigenvalue weighted by atomic mass is 35.5. The summed E-state index contributed by atoms with van der Waals surface area (Å²) < 4.78 is 28.4. The summed E-state index contributed by atoms with van der Waals surface area (Å²) in [5.74, 6) is -8.09. The molecule has 2 N–H and O–H groups in total. The van der Waals surface area contributed by atoms with Gasteiger partial charge in [-0.2, -0.15) is 0 Å². The molecule has 10 heteroatoms. The van der Waals surface area contributed by atoms with Gasteiger partial charge in [-0.15, -0.1) is 0 Å². The second-order valence-corrected chi connectivity index (χ2v) is 10.7. The summed E-state index contributed by atoms with van der Waals surface area (Å²) >= 11 is 5.94. The Morgan fingerprint density at radius 3 is 2.54 bits per heavy atom. The molecule has 0 spiro atoms. The van der Waals surface area contributed by atoms with Crippen LogP contribution < -0.4 is 10.2 Å². The number of allylic oxidation sites excluding steroid dienone is 2. The molecule has 6 rings (SSSR count). The van der Waals surface area contributed by atoms with Gasteiger partial charge < -0.3 is 5.11 Å². The molecule has 190 valence electrons. The molecule has 0 radical (unpaired) electrons. The SMILES string of the molecule is CC12C(=O)N(c3ccc(F)c(Cl)c3)C(=O)C1CC1C(=CCC3C(=O)NC(=O)C31)C2c1cccc(F)c1O. The number of nitrogens with one attached hydrogen (secondary N) is 1. The number of imide groups is 2. The average Bonchev–Trinajstić information content (AvgIpc) is 3.25. The first-order chi connectivity index (χ1) is 17.6. The third-order valence-electron chi connectivity index (χ3n) is 8.61. The highest BCUT2D eigenvalue weighted by Crippen LogP contribution is 2.64. The van der Waals surface area contributed by atoms with Crippen LogP contribution in [0.4, 0.5) is 14.5 Å². The number of anilines is 1. The fraction of sp³-hybridized carbons (Fsp3) is 0.333. The third kappa shape index (κ3) is 3.09. The van der Waals surface area contributed by atoms with Gasteiger partial charge in [0.15, 0.2) is 11.6 Å². The maximum atomic E-state index is 14.6. The molecule has 6 unspecified atom stereocenters. The number of halogens is 3. The number of phenolic OH excluding ortho intramolecular Hbond substituents is 1. The van der Waals surface area contributed by atoms with Crippen molar-refractivity contribution in [2.45, 2.75) is 25.7 Å². The van der Waals surface area contributed by atoms with E-state index in [2.05, 4.69) is 5.32 Å². The molecule has 7 nitrogen and oxygen atoms in total. The second-order valence-electron chi connectivity index (χ2n) is 10.3. The van der Waals surface area contributed by atoms with Crippen LogP contribution in [0.2, 0.25) is 5.02 Å². The molecular formula is C27H21ClF2N2O5. The van der Waals surface area contributed by atoms with Crippen molar-refractivity contribution in [3.8, 4) is 5.75 Å². The summed E-state index contributed by atoms with van der Waals surface area (Å²) in [7, 11) is 0. The van der Waals surface area contributed by atoms with Crippen molar-refractivity contribution in [3.05, 3.63) is 70.3 Å². The molecule has 0 bridgehead atoms. The van der Waals surface area contributed by atoms with Crippen molar-refractivity contribution < 1.29 is 33.1 Å². The minimum atomic E-state index is -1.46. The normalized spacial score (nSPS) is 32.6. The van der Waals surface area contributed by atoms with Gasteiger partial charge >= 0.3 is 0 Å². The van der Waals surface area contributed by atoms with Crippen molar-refractivity contribution in [2.24, 2.45) is 29.1 Å². The van der Waals surface area contributed by atoms with Crippen LogP contribution >= 0.6 is 11.6 Å². The van der Waals surface area contributed by atoms with Crippen LogP contribution in [0.3, 0.4) is 0 Å². The van der Waals surface area contributed by atoms with E-state index in [0.717, 1.165) is 17.0 Å². The lowest BCUT2D eigenvalue weighted by Gasteiger charge is -2.49. The number of para-hydroxylation sites is 1. The Labute approximate surface area is 215 Å². The van der Waals surface area contributed by atoms with Crippen LogP contribution in [0.1, 0.15) is 31.2 Å². The number of amides is 4. The van der Waals surface area contributed by atoms with E-state index >= 15 is 0 Å². The number of rotatable bonds is 2. The second kappa shape index (κ2) is 7.95. The lowest BCUT2D eigenvalue weighted by atomic mass is 9.51. The van der Waals surface area contributed by atoms with E-state index < -0.39 is 70.1 Å². The molecule has 2 aromatic rings. The monoisotopic (exact) mass is 526 g/mol. The van der Waals surface area contributed by atoms with Crippen molar-refractivity contribution in [1.29, 1.82) is 0 Å². The summed E-state index contributed by atoms with van der Waals surface area (Å²) in [6.45, 7) is 1.60. The van der Waals surface area contributed by atoms with E-state index in [1.807, 2.05) is 0 Å². The number of phenols is 1. The molecule has 4 amide bonds. The molecule has 2 aliphatic carbocycles. The number of carbonyl (C=O) groups excluding carboxylic acids is 4. The molecule has 2 aromatic carbocycles.